The van der Waals surface area contributed by atoms with Gasteiger partial charge in [0, 0.05) is 6.04 Å². The molecule has 13 heavy (non-hydrogen) atoms. The molecule has 0 aliphatic heterocycles. The van der Waals surface area contributed by atoms with E-state index in [0.717, 1.165) is 0 Å². The summed E-state index contributed by atoms with van der Waals surface area (Å²) >= 11 is 0. The van der Waals surface area contributed by atoms with Gasteiger partial charge in [-0.1, -0.05) is 0 Å². The number of nitrogens with two attached hydrogens (primary N) is 1. The van der Waals surface area contributed by atoms with Crippen LogP contribution in [0, 0.1) is 0 Å². The van der Waals surface area contributed by atoms with Gasteiger partial charge in [0.2, 0.25) is 0 Å². The van der Waals surface area contributed by atoms with Crippen LogP contribution < -0.4 is 11.1 Å². The monoisotopic (exact) mass is 187 g/mol. The summed E-state index contributed by atoms with van der Waals surface area (Å²) in [5, 5.41) is 12.4. The molecule has 0 radical (unpaired) electrons. The minimum absolute atomic E-state index is 0.164. The Morgan fingerprint density at radius 3 is 2.15 bits per heavy atom. The van der Waals surface area contributed by atoms with Crippen LogP contribution in [0.3, 0.4) is 0 Å². The number of guanidine groups is 1. The molecule has 0 heterocycles. The summed E-state index contributed by atoms with van der Waals surface area (Å²) in [6.07, 6.45) is -0.478. The lowest BCUT2D eigenvalue weighted by atomic mass is 9.99. The zero-order chi connectivity index (χ0) is 10.6. The van der Waals surface area contributed by atoms with Crippen molar-refractivity contribution in [2.45, 2.75) is 52.3 Å². The molecule has 0 aromatic carbocycles. The van der Waals surface area contributed by atoms with E-state index in [1.54, 1.807) is 6.92 Å². The summed E-state index contributed by atoms with van der Waals surface area (Å²) in [5.41, 5.74) is 5.18. The topological polar surface area (TPSA) is 70.6 Å². The fraction of sp³-hybridized carbons (Fsp3) is 0.889. The summed E-state index contributed by atoms with van der Waals surface area (Å²) in [4.78, 5) is 4.12. The second kappa shape index (κ2) is 4.46. The van der Waals surface area contributed by atoms with Gasteiger partial charge in [0.1, 0.15) is 0 Å². The molecule has 4 N–H and O–H groups in total. The average Bonchev–Trinajstić information content (AvgIpc) is 1.82. The van der Waals surface area contributed by atoms with E-state index in [1.807, 2.05) is 27.7 Å². The van der Waals surface area contributed by atoms with Gasteiger partial charge in [-0.05, 0) is 34.6 Å². The number of rotatable bonds is 3. The number of nitrogens with one attached hydrogen (secondary N) is 1. The third kappa shape index (κ3) is 4.72. The SMILES string of the molecule is CC(C)N=C(N)NC(C)(C)C(C)O. The van der Waals surface area contributed by atoms with Crippen LogP contribution in [-0.4, -0.2) is 28.8 Å². The molecule has 0 aromatic heterocycles. The summed E-state index contributed by atoms with van der Waals surface area (Å²) in [6, 6.07) is 0.164. The van der Waals surface area contributed by atoms with E-state index >= 15 is 0 Å². The van der Waals surface area contributed by atoms with Gasteiger partial charge in [0.25, 0.3) is 0 Å². The van der Waals surface area contributed by atoms with Crippen molar-refractivity contribution in [3.63, 3.8) is 0 Å². The lowest BCUT2D eigenvalue weighted by Gasteiger charge is -2.29. The lowest BCUT2D eigenvalue weighted by molar-refractivity contribution is 0.109. The van der Waals surface area contributed by atoms with Crippen LogP contribution in [0.2, 0.25) is 0 Å². The number of hydrogen-bond donors (Lipinski definition) is 3. The van der Waals surface area contributed by atoms with E-state index in [-0.39, 0.29) is 6.04 Å². The van der Waals surface area contributed by atoms with Crippen LogP contribution in [0.4, 0.5) is 0 Å². The molecule has 4 nitrogen and oxygen atoms in total. The average molecular weight is 187 g/mol. The summed E-state index contributed by atoms with van der Waals surface area (Å²) in [5.74, 6) is 0.376. The minimum atomic E-state index is -0.478. The largest absolute Gasteiger partial charge is 0.391 e. The Balaban J connectivity index is 4.27. The summed E-state index contributed by atoms with van der Waals surface area (Å²) < 4.78 is 0. The van der Waals surface area contributed by atoms with Crippen molar-refractivity contribution in [2.75, 3.05) is 0 Å². The Kier molecular flexibility index (Phi) is 4.20. The molecule has 1 unspecified atom stereocenters. The maximum atomic E-state index is 9.39. The highest BCUT2D eigenvalue weighted by atomic mass is 16.3. The third-order valence-electron chi connectivity index (χ3n) is 1.89. The van der Waals surface area contributed by atoms with Crippen molar-refractivity contribution in [3.05, 3.63) is 0 Å². The Labute approximate surface area is 80.2 Å². The van der Waals surface area contributed by atoms with Crippen molar-refractivity contribution >= 4 is 5.96 Å². The Morgan fingerprint density at radius 2 is 1.85 bits per heavy atom. The summed E-state index contributed by atoms with van der Waals surface area (Å²) in [7, 11) is 0. The van der Waals surface area contributed by atoms with Crippen molar-refractivity contribution in [1.82, 2.24) is 5.32 Å². The van der Waals surface area contributed by atoms with E-state index in [2.05, 4.69) is 10.3 Å². The Bertz CT molecular complexity index is 185. The van der Waals surface area contributed by atoms with Crippen molar-refractivity contribution in [3.8, 4) is 0 Å². The fourth-order valence-electron chi connectivity index (χ4n) is 0.745. The summed E-state index contributed by atoms with van der Waals surface area (Å²) in [6.45, 7) is 9.37. The molecule has 0 spiro atoms. The van der Waals surface area contributed by atoms with E-state index in [0.29, 0.717) is 5.96 Å². The van der Waals surface area contributed by atoms with Crippen LogP contribution in [0.25, 0.3) is 0 Å². The molecule has 0 bridgehead atoms. The molecule has 1 atom stereocenters. The Hall–Kier alpha value is -0.770. The maximum Gasteiger partial charge on any atom is 0.189 e. The minimum Gasteiger partial charge on any atom is -0.391 e. The zero-order valence-electron chi connectivity index (χ0n) is 9.13. The lowest BCUT2D eigenvalue weighted by Crippen LogP contribution is -2.53. The quantitative estimate of drug-likeness (QED) is 0.444. The van der Waals surface area contributed by atoms with Crippen LogP contribution in [0.1, 0.15) is 34.6 Å². The predicted octanol–water partition coefficient (Wildman–Crippen LogP) is 0.459. The van der Waals surface area contributed by atoms with Crippen LogP contribution in [0.15, 0.2) is 4.99 Å². The van der Waals surface area contributed by atoms with Crippen molar-refractivity contribution in [1.29, 1.82) is 0 Å². The second-order valence-electron chi connectivity index (χ2n) is 4.13. The van der Waals surface area contributed by atoms with Gasteiger partial charge in [-0.25, -0.2) is 0 Å². The fourth-order valence-corrected chi connectivity index (χ4v) is 0.745. The van der Waals surface area contributed by atoms with Crippen molar-refractivity contribution < 1.29 is 5.11 Å². The normalized spacial score (nSPS) is 16.1. The molecule has 0 fully saturated rings. The first-order valence-corrected chi connectivity index (χ1v) is 4.55. The molecular formula is C9H21N3O. The van der Waals surface area contributed by atoms with Crippen molar-refractivity contribution in [2.24, 2.45) is 10.7 Å². The molecule has 78 valence electrons. The third-order valence-corrected chi connectivity index (χ3v) is 1.89. The van der Waals surface area contributed by atoms with E-state index in [9.17, 15) is 5.11 Å². The molecule has 0 saturated carbocycles. The first kappa shape index (κ1) is 12.2. The first-order valence-electron chi connectivity index (χ1n) is 4.55. The second-order valence-corrected chi connectivity index (χ2v) is 4.13. The van der Waals surface area contributed by atoms with Gasteiger partial charge < -0.3 is 16.2 Å². The number of aliphatic imine (C=N–C) groups is 1. The highest BCUT2D eigenvalue weighted by molar-refractivity contribution is 5.78. The van der Waals surface area contributed by atoms with Crippen LogP contribution in [-0.2, 0) is 0 Å². The molecule has 0 aliphatic rings. The van der Waals surface area contributed by atoms with Gasteiger partial charge in [-0.15, -0.1) is 0 Å². The molecule has 0 rings (SSSR count). The number of hydrogen-bond acceptors (Lipinski definition) is 2. The molecule has 0 aliphatic carbocycles. The highest BCUT2D eigenvalue weighted by Gasteiger charge is 2.24. The molecule has 0 amide bonds. The van der Waals surface area contributed by atoms with Gasteiger partial charge in [-0.2, -0.15) is 0 Å². The molecule has 0 saturated heterocycles. The number of nitrogens with zero attached hydrogens (tertiary/aromatic N) is 1. The number of aliphatic hydroxyl groups excluding tert-OH is 1. The highest BCUT2D eigenvalue weighted by Crippen LogP contribution is 2.07. The van der Waals surface area contributed by atoms with Gasteiger partial charge >= 0.3 is 0 Å². The van der Waals surface area contributed by atoms with Gasteiger partial charge in [0.15, 0.2) is 5.96 Å². The Morgan fingerprint density at radius 1 is 1.38 bits per heavy atom. The van der Waals surface area contributed by atoms with E-state index in [4.69, 9.17) is 5.73 Å². The smallest absolute Gasteiger partial charge is 0.189 e. The standard InChI is InChI=1S/C9H21N3O/c1-6(2)11-8(10)12-9(4,5)7(3)13/h6-7,13H,1-5H3,(H3,10,11,12). The predicted molar refractivity (Wildman–Crippen MR) is 55.7 cm³/mol. The molecule has 4 heteroatoms. The zero-order valence-corrected chi connectivity index (χ0v) is 9.13. The molecular weight excluding hydrogens is 166 g/mol. The maximum absolute atomic E-state index is 9.39. The van der Waals surface area contributed by atoms with Gasteiger partial charge in [-0.3, -0.25) is 4.99 Å². The van der Waals surface area contributed by atoms with Crippen LogP contribution in [0.5, 0.6) is 0 Å². The first-order chi connectivity index (χ1) is 5.75. The van der Waals surface area contributed by atoms with E-state index in [1.165, 1.54) is 0 Å². The number of aliphatic hydroxyl groups is 1. The van der Waals surface area contributed by atoms with Crippen LogP contribution >= 0.6 is 0 Å². The molecule has 0 aromatic rings. The van der Waals surface area contributed by atoms with E-state index < -0.39 is 11.6 Å². The van der Waals surface area contributed by atoms with Gasteiger partial charge in [0.05, 0.1) is 11.6 Å².